The maximum absolute atomic E-state index is 14.5. The number of hydrogen-bond donors (Lipinski definition) is 0. The van der Waals surface area contributed by atoms with Crippen LogP contribution in [0.25, 0.3) is 21.9 Å². The Hall–Kier alpha value is -2.62. The van der Waals surface area contributed by atoms with Gasteiger partial charge in [0.15, 0.2) is 11.6 Å². The second kappa shape index (κ2) is 6.87. The third kappa shape index (κ3) is 3.04. The van der Waals surface area contributed by atoms with Gasteiger partial charge in [0.2, 0.25) is 0 Å². The Morgan fingerprint density at radius 2 is 1.38 bits per heavy atom. The largest absolute Gasteiger partial charge is 0.494 e. The van der Waals surface area contributed by atoms with Crippen LogP contribution in [-0.2, 0) is 0 Å². The highest BCUT2D eigenvalue weighted by Gasteiger charge is 2.15. The van der Waals surface area contributed by atoms with Crippen molar-refractivity contribution >= 4 is 10.8 Å². The van der Waals surface area contributed by atoms with E-state index in [0.717, 1.165) is 0 Å². The number of benzene rings is 3. The SMILES string of the molecule is CCOc1ccc(-c2cc3ccc(OCC)cc3c(F)c2F)cc1. The summed E-state index contributed by atoms with van der Waals surface area (Å²) in [5.41, 5.74) is 0.831. The van der Waals surface area contributed by atoms with E-state index in [1.165, 1.54) is 6.07 Å². The predicted octanol–water partition coefficient (Wildman–Crippen LogP) is 5.58. The lowest BCUT2D eigenvalue weighted by Crippen LogP contribution is -1.95. The van der Waals surface area contributed by atoms with Gasteiger partial charge in [0.1, 0.15) is 11.5 Å². The van der Waals surface area contributed by atoms with Crippen LogP contribution in [0.3, 0.4) is 0 Å². The molecule has 3 aromatic rings. The minimum absolute atomic E-state index is 0.216. The fourth-order valence-electron chi connectivity index (χ4n) is 2.67. The van der Waals surface area contributed by atoms with E-state index >= 15 is 0 Å². The maximum Gasteiger partial charge on any atom is 0.167 e. The predicted molar refractivity (Wildman–Crippen MR) is 91.6 cm³/mol. The lowest BCUT2D eigenvalue weighted by molar-refractivity contribution is 0.340. The Balaban J connectivity index is 2.08. The van der Waals surface area contributed by atoms with Crippen LogP contribution in [0.5, 0.6) is 11.5 Å². The molecule has 3 aromatic carbocycles. The van der Waals surface area contributed by atoms with E-state index in [4.69, 9.17) is 9.47 Å². The molecule has 0 aliphatic rings. The summed E-state index contributed by atoms with van der Waals surface area (Å²) in [5, 5.41) is 0.842. The van der Waals surface area contributed by atoms with Gasteiger partial charge in [-0.15, -0.1) is 0 Å². The topological polar surface area (TPSA) is 18.5 Å². The standard InChI is InChI=1S/C20H18F2O2/c1-3-23-15-8-5-13(6-9-15)17-11-14-7-10-16(24-4-2)12-18(14)20(22)19(17)21/h5-12H,3-4H2,1-2H3. The van der Waals surface area contributed by atoms with E-state index in [9.17, 15) is 8.78 Å². The second-order valence-electron chi connectivity index (χ2n) is 5.33. The summed E-state index contributed by atoms with van der Waals surface area (Å²) in [6.45, 7) is 4.76. The molecule has 0 N–H and O–H groups in total. The van der Waals surface area contributed by atoms with Crippen molar-refractivity contribution in [3.05, 3.63) is 60.2 Å². The molecular weight excluding hydrogens is 310 g/mol. The van der Waals surface area contributed by atoms with Gasteiger partial charge < -0.3 is 9.47 Å². The molecule has 0 bridgehead atoms. The highest BCUT2D eigenvalue weighted by Crippen LogP contribution is 2.33. The molecule has 0 aliphatic heterocycles. The molecular formula is C20H18F2O2. The molecule has 0 atom stereocenters. The normalized spacial score (nSPS) is 10.8. The smallest absolute Gasteiger partial charge is 0.167 e. The summed E-state index contributed by atoms with van der Waals surface area (Å²) >= 11 is 0. The molecule has 124 valence electrons. The van der Waals surface area contributed by atoms with Gasteiger partial charge in [-0.05, 0) is 55.1 Å². The zero-order chi connectivity index (χ0) is 17.1. The molecule has 0 heterocycles. The van der Waals surface area contributed by atoms with Crippen molar-refractivity contribution < 1.29 is 18.3 Å². The zero-order valence-electron chi connectivity index (χ0n) is 13.6. The van der Waals surface area contributed by atoms with E-state index < -0.39 is 11.6 Å². The molecule has 0 radical (unpaired) electrons. The average Bonchev–Trinajstić information content (AvgIpc) is 2.60. The summed E-state index contributed by atoms with van der Waals surface area (Å²) < 4.78 is 39.8. The highest BCUT2D eigenvalue weighted by molar-refractivity contribution is 5.89. The molecule has 2 nitrogen and oxygen atoms in total. The van der Waals surface area contributed by atoms with Gasteiger partial charge in [-0.2, -0.15) is 0 Å². The average molecular weight is 328 g/mol. The van der Waals surface area contributed by atoms with Gasteiger partial charge in [0.05, 0.1) is 13.2 Å². The highest BCUT2D eigenvalue weighted by atomic mass is 19.2. The Labute approximate surface area is 139 Å². The van der Waals surface area contributed by atoms with Crippen LogP contribution in [0, 0.1) is 11.6 Å². The van der Waals surface area contributed by atoms with Crippen LogP contribution in [0.15, 0.2) is 48.5 Å². The van der Waals surface area contributed by atoms with Gasteiger partial charge in [-0.3, -0.25) is 0 Å². The number of halogens is 2. The minimum Gasteiger partial charge on any atom is -0.494 e. The van der Waals surface area contributed by atoms with Gasteiger partial charge in [0.25, 0.3) is 0 Å². The van der Waals surface area contributed by atoms with Crippen molar-refractivity contribution in [1.29, 1.82) is 0 Å². The zero-order valence-corrected chi connectivity index (χ0v) is 13.6. The number of hydrogen-bond acceptors (Lipinski definition) is 2. The second-order valence-corrected chi connectivity index (χ2v) is 5.33. The van der Waals surface area contributed by atoms with Crippen molar-refractivity contribution in [2.75, 3.05) is 13.2 Å². The third-order valence-corrected chi connectivity index (χ3v) is 3.78. The molecule has 0 aliphatic carbocycles. The Kier molecular flexibility index (Phi) is 4.65. The minimum atomic E-state index is -0.863. The molecule has 3 rings (SSSR count). The van der Waals surface area contributed by atoms with Crippen LogP contribution in [-0.4, -0.2) is 13.2 Å². The summed E-state index contributed by atoms with van der Waals surface area (Å²) in [4.78, 5) is 0. The first kappa shape index (κ1) is 16.2. The summed E-state index contributed by atoms with van der Waals surface area (Å²) in [6, 6.07) is 13.6. The monoisotopic (exact) mass is 328 g/mol. The fourth-order valence-corrected chi connectivity index (χ4v) is 2.67. The number of ether oxygens (including phenoxy) is 2. The third-order valence-electron chi connectivity index (χ3n) is 3.78. The first-order valence-electron chi connectivity index (χ1n) is 7.91. The molecule has 0 saturated heterocycles. The van der Waals surface area contributed by atoms with Gasteiger partial charge in [0, 0.05) is 10.9 Å². The van der Waals surface area contributed by atoms with E-state index in [-0.39, 0.29) is 10.9 Å². The molecule has 0 saturated carbocycles. The maximum atomic E-state index is 14.5. The van der Waals surface area contributed by atoms with E-state index in [0.29, 0.717) is 35.7 Å². The molecule has 0 aromatic heterocycles. The molecule has 24 heavy (non-hydrogen) atoms. The molecule has 0 fully saturated rings. The van der Waals surface area contributed by atoms with E-state index in [1.807, 2.05) is 13.8 Å². The molecule has 4 heteroatoms. The first-order chi connectivity index (χ1) is 11.6. The van der Waals surface area contributed by atoms with E-state index in [2.05, 4.69) is 0 Å². The Morgan fingerprint density at radius 1 is 0.750 bits per heavy atom. The van der Waals surface area contributed by atoms with Crippen LogP contribution >= 0.6 is 0 Å². The van der Waals surface area contributed by atoms with Crippen molar-refractivity contribution in [2.45, 2.75) is 13.8 Å². The van der Waals surface area contributed by atoms with Crippen molar-refractivity contribution in [2.24, 2.45) is 0 Å². The van der Waals surface area contributed by atoms with E-state index in [1.54, 1.807) is 42.5 Å². The lowest BCUT2D eigenvalue weighted by Gasteiger charge is -2.11. The van der Waals surface area contributed by atoms with Gasteiger partial charge in [-0.1, -0.05) is 18.2 Å². The van der Waals surface area contributed by atoms with Crippen LogP contribution < -0.4 is 9.47 Å². The van der Waals surface area contributed by atoms with Crippen LogP contribution in [0.4, 0.5) is 8.78 Å². The summed E-state index contributed by atoms with van der Waals surface area (Å²) in [7, 11) is 0. The first-order valence-corrected chi connectivity index (χ1v) is 7.91. The lowest BCUT2D eigenvalue weighted by atomic mass is 9.99. The Morgan fingerprint density at radius 3 is 2.04 bits per heavy atom. The van der Waals surface area contributed by atoms with Gasteiger partial charge in [-0.25, -0.2) is 8.78 Å². The molecule has 0 amide bonds. The van der Waals surface area contributed by atoms with Crippen molar-refractivity contribution in [3.63, 3.8) is 0 Å². The van der Waals surface area contributed by atoms with Crippen LogP contribution in [0.2, 0.25) is 0 Å². The molecule has 0 unspecified atom stereocenters. The fraction of sp³-hybridized carbons (Fsp3) is 0.200. The van der Waals surface area contributed by atoms with Crippen molar-refractivity contribution in [1.82, 2.24) is 0 Å². The summed E-state index contributed by atoms with van der Waals surface area (Å²) in [6.07, 6.45) is 0. The quantitative estimate of drug-likeness (QED) is 0.608. The summed E-state index contributed by atoms with van der Waals surface area (Å²) in [5.74, 6) is -0.500. The number of rotatable bonds is 5. The van der Waals surface area contributed by atoms with Gasteiger partial charge >= 0.3 is 0 Å². The Bertz CT molecular complexity index is 858. The molecule has 0 spiro atoms. The number of fused-ring (bicyclic) bond motifs is 1. The van der Waals surface area contributed by atoms with Crippen LogP contribution in [0.1, 0.15) is 13.8 Å². The van der Waals surface area contributed by atoms with Crippen molar-refractivity contribution in [3.8, 4) is 22.6 Å².